The number of benzene rings is 2. The van der Waals surface area contributed by atoms with E-state index in [1.54, 1.807) is 30.3 Å². The zero-order valence-electron chi connectivity index (χ0n) is 16.5. The molecule has 144 valence electrons. The van der Waals surface area contributed by atoms with Crippen LogP contribution in [0, 0.1) is 5.41 Å². The lowest BCUT2D eigenvalue weighted by Crippen LogP contribution is -2.24. The van der Waals surface area contributed by atoms with Crippen molar-refractivity contribution in [3.8, 4) is 11.5 Å². The number of hydrogen-bond donors (Lipinski definition) is 2. The number of phenols is 2. The van der Waals surface area contributed by atoms with Crippen LogP contribution >= 0.6 is 0 Å². The molecule has 2 N–H and O–H groups in total. The Balaban J connectivity index is 0. The maximum absolute atomic E-state index is 9.84. The molecule has 0 aromatic heterocycles. The third-order valence-electron chi connectivity index (χ3n) is 3.36. The van der Waals surface area contributed by atoms with E-state index >= 15 is 0 Å². The van der Waals surface area contributed by atoms with Gasteiger partial charge in [-0.2, -0.15) is 0 Å². The first-order valence-electron chi connectivity index (χ1n) is 8.22. The minimum atomic E-state index is 0.0175. The van der Waals surface area contributed by atoms with Crippen LogP contribution in [0.15, 0.2) is 54.6 Å². The summed E-state index contributed by atoms with van der Waals surface area (Å²) in [6.07, 6.45) is 1.05. The van der Waals surface area contributed by atoms with E-state index in [-0.39, 0.29) is 10.8 Å². The number of para-hydroxylation sites is 2. The molecule has 0 fully saturated rings. The molecular formula is C22H32O4. The predicted octanol–water partition coefficient (Wildman–Crippen LogP) is 5.13. The maximum Gasteiger partial charge on any atom is 0.119 e. The highest BCUT2D eigenvalue weighted by atomic mass is 16.3. The molecule has 0 saturated heterocycles. The lowest BCUT2D eigenvalue weighted by molar-refractivity contribution is -0.0987. The molecule has 0 spiro atoms. The van der Waals surface area contributed by atoms with Crippen molar-refractivity contribution in [3.63, 3.8) is 0 Å². The molecule has 2 aromatic carbocycles. The number of hydrogen-bond acceptors (Lipinski definition) is 4. The third-order valence-corrected chi connectivity index (χ3v) is 3.36. The smallest absolute Gasteiger partial charge is 0.119 e. The molecule has 0 unspecified atom stereocenters. The van der Waals surface area contributed by atoms with Crippen molar-refractivity contribution in [2.45, 2.75) is 46.5 Å². The van der Waals surface area contributed by atoms with Crippen LogP contribution in [0.1, 0.15) is 46.6 Å². The van der Waals surface area contributed by atoms with Gasteiger partial charge < -0.3 is 19.8 Å². The van der Waals surface area contributed by atoms with Crippen molar-refractivity contribution in [2.75, 3.05) is 0 Å². The lowest BCUT2D eigenvalue weighted by atomic mass is 9.72. The topological polar surface area (TPSA) is 74.6 Å². The van der Waals surface area contributed by atoms with Crippen LogP contribution in [0.5, 0.6) is 11.5 Å². The molecule has 2 rings (SSSR count). The summed E-state index contributed by atoms with van der Waals surface area (Å²) >= 11 is 0. The molecule has 0 atom stereocenters. The molecule has 0 bridgehead atoms. The third kappa shape index (κ3) is 11.0. The molecule has 0 aliphatic carbocycles. The Bertz CT molecular complexity index is 599. The van der Waals surface area contributed by atoms with Crippen molar-refractivity contribution in [3.05, 3.63) is 60.2 Å². The highest BCUT2D eigenvalue weighted by molar-refractivity contribution is 5.37. The van der Waals surface area contributed by atoms with Crippen molar-refractivity contribution in [1.82, 2.24) is 0 Å². The second kappa shape index (κ2) is 12.7. The van der Waals surface area contributed by atoms with E-state index in [0.29, 0.717) is 11.5 Å². The Kier molecular flexibility index (Phi) is 12.5. The molecule has 0 saturated carbocycles. The van der Waals surface area contributed by atoms with E-state index in [4.69, 9.17) is 14.7 Å². The van der Waals surface area contributed by atoms with Crippen molar-refractivity contribution < 1.29 is 19.8 Å². The van der Waals surface area contributed by atoms with Crippen LogP contribution < -0.4 is 0 Å². The highest BCUT2D eigenvalue weighted by Crippen LogP contribution is 2.39. The van der Waals surface area contributed by atoms with Crippen molar-refractivity contribution >= 4 is 13.6 Å². The van der Waals surface area contributed by atoms with E-state index in [2.05, 4.69) is 34.6 Å². The van der Waals surface area contributed by atoms with E-state index in [1.165, 1.54) is 0 Å². The van der Waals surface area contributed by atoms with Gasteiger partial charge in [0.05, 0.1) is 0 Å². The Hall–Kier alpha value is -2.62. The SMILES string of the molecule is C=O.C=O.CC(C)(C)CC(C)(C)c1ccccc1O.Oc1ccccc1. The monoisotopic (exact) mass is 360 g/mol. The summed E-state index contributed by atoms with van der Waals surface area (Å²) in [6.45, 7) is 15.1. The van der Waals surface area contributed by atoms with Gasteiger partial charge in [-0.15, -0.1) is 0 Å². The van der Waals surface area contributed by atoms with E-state index in [0.717, 1.165) is 12.0 Å². The lowest BCUT2D eigenvalue weighted by Gasteiger charge is -2.33. The first-order valence-corrected chi connectivity index (χ1v) is 8.22. The zero-order chi connectivity index (χ0) is 20.8. The fourth-order valence-corrected chi connectivity index (χ4v) is 2.89. The minimum Gasteiger partial charge on any atom is -0.508 e. The van der Waals surface area contributed by atoms with Gasteiger partial charge in [0, 0.05) is 0 Å². The summed E-state index contributed by atoms with van der Waals surface area (Å²) in [5, 5.41) is 18.5. The summed E-state index contributed by atoms with van der Waals surface area (Å²) in [7, 11) is 0. The summed E-state index contributed by atoms with van der Waals surface area (Å²) in [4.78, 5) is 16.0. The Morgan fingerprint density at radius 3 is 1.50 bits per heavy atom. The van der Waals surface area contributed by atoms with Crippen LogP contribution in [0.25, 0.3) is 0 Å². The van der Waals surface area contributed by atoms with Gasteiger partial charge in [0.15, 0.2) is 0 Å². The van der Waals surface area contributed by atoms with Gasteiger partial charge in [0.25, 0.3) is 0 Å². The molecule has 2 aromatic rings. The fraction of sp³-hybridized carbons (Fsp3) is 0.364. The van der Waals surface area contributed by atoms with Gasteiger partial charge in [-0.1, -0.05) is 71.0 Å². The Labute approximate surface area is 157 Å². The highest BCUT2D eigenvalue weighted by Gasteiger charge is 2.28. The fourth-order valence-electron chi connectivity index (χ4n) is 2.89. The Morgan fingerprint density at radius 1 is 0.731 bits per heavy atom. The second-order valence-corrected chi connectivity index (χ2v) is 7.47. The zero-order valence-corrected chi connectivity index (χ0v) is 16.5. The van der Waals surface area contributed by atoms with E-state index < -0.39 is 0 Å². The minimum absolute atomic E-state index is 0.0175. The maximum atomic E-state index is 9.84. The predicted molar refractivity (Wildman–Crippen MR) is 108 cm³/mol. The summed E-state index contributed by atoms with van der Waals surface area (Å²) < 4.78 is 0. The number of aromatic hydroxyl groups is 2. The van der Waals surface area contributed by atoms with Gasteiger partial charge in [-0.3, -0.25) is 0 Å². The summed E-state index contributed by atoms with van der Waals surface area (Å²) in [6, 6.07) is 16.3. The number of phenolic OH excluding ortho intramolecular Hbond substituents is 2. The average Bonchev–Trinajstić information content (AvgIpc) is 2.58. The molecule has 0 heterocycles. The Morgan fingerprint density at radius 2 is 1.15 bits per heavy atom. The molecule has 0 amide bonds. The molecule has 26 heavy (non-hydrogen) atoms. The largest absolute Gasteiger partial charge is 0.508 e. The second-order valence-electron chi connectivity index (χ2n) is 7.47. The average molecular weight is 360 g/mol. The normalized spacial score (nSPS) is 10.0. The van der Waals surface area contributed by atoms with Gasteiger partial charge in [0.2, 0.25) is 0 Å². The van der Waals surface area contributed by atoms with E-state index in [1.807, 2.05) is 37.8 Å². The van der Waals surface area contributed by atoms with Gasteiger partial charge in [0.1, 0.15) is 25.1 Å². The van der Waals surface area contributed by atoms with Crippen LogP contribution in [0.4, 0.5) is 0 Å². The quantitative estimate of drug-likeness (QED) is 0.778. The standard InChI is InChI=1S/C14H22O.C6H6O.2CH2O/c1-13(2,3)10-14(4,5)11-8-6-7-9-12(11)15;7-6-4-2-1-3-5-6;2*1-2/h6-9,15H,10H2,1-5H3;1-5,7H;2*1H2. The molecule has 4 heteroatoms. The summed E-state index contributed by atoms with van der Waals surface area (Å²) in [5.74, 6) is 0.731. The summed E-state index contributed by atoms with van der Waals surface area (Å²) in [5.41, 5.74) is 1.33. The molecule has 4 nitrogen and oxygen atoms in total. The van der Waals surface area contributed by atoms with Crippen molar-refractivity contribution in [2.24, 2.45) is 5.41 Å². The molecule has 0 aliphatic rings. The van der Waals surface area contributed by atoms with E-state index in [9.17, 15) is 5.11 Å². The van der Waals surface area contributed by atoms with Crippen LogP contribution in [0.3, 0.4) is 0 Å². The van der Waals surface area contributed by atoms with Crippen LogP contribution in [-0.2, 0) is 15.0 Å². The van der Waals surface area contributed by atoms with Gasteiger partial charge >= 0.3 is 0 Å². The van der Waals surface area contributed by atoms with Crippen LogP contribution in [0.2, 0.25) is 0 Å². The first kappa shape index (κ1) is 25.6. The molecule has 0 aliphatic heterocycles. The first-order chi connectivity index (χ1) is 12.1. The number of rotatable bonds is 2. The number of carbonyl (C=O) groups is 2. The van der Waals surface area contributed by atoms with Gasteiger partial charge in [-0.05, 0) is 41.0 Å². The molecular weight excluding hydrogens is 328 g/mol. The van der Waals surface area contributed by atoms with Crippen molar-refractivity contribution in [1.29, 1.82) is 0 Å². The number of carbonyl (C=O) groups excluding carboxylic acids is 2. The molecule has 0 radical (unpaired) electrons. The van der Waals surface area contributed by atoms with Gasteiger partial charge in [-0.25, -0.2) is 0 Å². The van der Waals surface area contributed by atoms with Crippen LogP contribution in [-0.4, -0.2) is 23.8 Å².